The smallest absolute Gasteiger partial charge is 0.253 e. The first-order valence-electron chi connectivity index (χ1n) is 14.8. The molecular formula is C32H41N5O5S. The minimum atomic E-state index is -3.74. The van der Waals surface area contributed by atoms with E-state index in [9.17, 15) is 23.1 Å². The third kappa shape index (κ3) is 6.75. The number of hydrogen-bond acceptors (Lipinski definition) is 7. The van der Waals surface area contributed by atoms with Gasteiger partial charge in [0.1, 0.15) is 11.4 Å². The van der Waals surface area contributed by atoms with Crippen LogP contribution in [0.25, 0.3) is 6.08 Å². The molecule has 11 heteroatoms. The highest BCUT2D eigenvalue weighted by atomic mass is 32.2. The molecule has 2 fully saturated rings. The predicted octanol–water partition coefficient (Wildman–Crippen LogP) is 2.67. The van der Waals surface area contributed by atoms with Crippen molar-refractivity contribution in [1.29, 1.82) is 0 Å². The molecule has 10 nitrogen and oxygen atoms in total. The molecule has 2 amide bonds. The van der Waals surface area contributed by atoms with E-state index >= 15 is 0 Å². The van der Waals surface area contributed by atoms with Crippen molar-refractivity contribution in [2.45, 2.75) is 57.7 Å². The number of aliphatic imine (C=N–C) groups is 1. The Labute approximate surface area is 254 Å². The molecule has 0 radical (unpaired) electrons. The van der Waals surface area contributed by atoms with Gasteiger partial charge in [0.15, 0.2) is 0 Å². The number of amidine groups is 1. The van der Waals surface area contributed by atoms with E-state index in [1.165, 1.54) is 9.71 Å². The standard InChI is InChI=1S/C32H41N5O5S/c1-22-18-26(30(39)36-13-8-27(38)9-14-36)19-23(2)28(22)10-17-43(41,42)37-15-11-32(12-16-37)31(40)33-29(34-32)25-7-5-6-24(20-25)21-35(3)4/h5-7,10,17-20,27,38H,8-9,11-16,21H2,1-4H3,(H,33,34,40)/b17-10+. The maximum absolute atomic E-state index is 13.3. The van der Waals surface area contributed by atoms with Gasteiger partial charge in [-0.2, -0.15) is 4.31 Å². The Kier molecular flexibility index (Phi) is 8.89. The lowest BCUT2D eigenvalue weighted by molar-refractivity contribution is -0.124. The Morgan fingerprint density at radius 1 is 1.09 bits per heavy atom. The highest BCUT2D eigenvalue weighted by molar-refractivity contribution is 7.92. The summed E-state index contributed by atoms with van der Waals surface area (Å²) in [6, 6.07) is 11.5. The Morgan fingerprint density at radius 2 is 1.74 bits per heavy atom. The quantitative estimate of drug-likeness (QED) is 0.499. The molecule has 0 bridgehead atoms. The summed E-state index contributed by atoms with van der Waals surface area (Å²) in [7, 11) is 0.256. The van der Waals surface area contributed by atoms with Crippen molar-refractivity contribution >= 4 is 33.7 Å². The van der Waals surface area contributed by atoms with Gasteiger partial charge in [-0.15, -0.1) is 0 Å². The van der Waals surface area contributed by atoms with Crippen LogP contribution >= 0.6 is 0 Å². The number of sulfonamides is 1. The van der Waals surface area contributed by atoms with Crippen LogP contribution in [-0.4, -0.2) is 97.2 Å². The predicted molar refractivity (Wildman–Crippen MR) is 167 cm³/mol. The van der Waals surface area contributed by atoms with Gasteiger partial charge in [0.25, 0.3) is 11.8 Å². The normalized spacial score (nSPS) is 19.8. The van der Waals surface area contributed by atoms with Gasteiger partial charge in [-0.25, -0.2) is 8.42 Å². The van der Waals surface area contributed by atoms with E-state index in [1.54, 1.807) is 23.1 Å². The van der Waals surface area contributed by atoms with Crippen LogP contribution in [-0.2, 0) is 21.4 Å². The van der Waals surface area contributed by atoms with Crippen molar-refractivity contribution in [3.63, 3.8) is 0 Å². The van der Waals surface area contributed by atoms with Crippen LogP contribution in [0.2, 0.25) is 0 Å². The minimum absolute atomic E-state index is 0.0773. The maximum Gasteiger partial charge on any atom is 0.253 e. The zero-order chi connectivity index (χ0) is 30.9. The molecule has 5 rings (SSSR count). The van der Waals surface area contributed by atoms with Crippen LogP contribution in [0.5, 0.6) is 0 Å². The van der Waals surface area contributed by atoms with Crippen molar-refractivity contribution < 1.29 is 23.1 Å². The van der Waals surface area contributed by atoms with Crippen molar-refractivity contribution in [2.24, 2.45) is 4.99 Å². The molecule has 0 saturated carbocycles. The molecule has 0 atom stereocenters. The third-order valence-corrected chi connectivity index (χ3v) is 10.2. The van der Waals surface area contributed by atoms with Gasteiger partial charge in [0, 0.05) is 49.3 Å². The highest BCUT2D eigenvalue weighted by Crippen LogP contribution is 2.33. The number of nitrogens with zero attached hydrogens (tertiary/aromatic N) is 4. The van der Waals surface area contributed by atoms with Crippen LogP contribution in [0.4, 0.5) is 0 Å². The number of likely N-dealkylation sites (tertiary alicyclic amines) is 1. The van der Waals surface area contributed by atoms with Crippen LogP contribution in [0.3, 0.4) is 0 Å². The molecule has 2 aromatic rings. The molecule has 1 spiro atoms. The second-order valence-corrected chi connectivity index (χ2v) is 14.0. The number of piperidine rings is 2. The molecule has 0 aliphatic carbocycles. The van der Waals surface area contributed by atoms with Gasteiger partial charge < -0.3 is 20.2 Å². The molecule has 0 unspecified atom stereocenters. The second-order valence-electron chi connectivity index (χ2n) is 12.2. The largest absolute Gasteiger partial charge is 0.393 e. The van der Waals surface area contributed by atoms with Gasteiger partial charge in [-0.05, 0) is 100 Å². The van der Waals surface area contributed by atoms with E-state index in [0.717, 1.165) is 34.4 Å². The molecule has 230 valence electrons. The summed E-state index contributed by atoms with van der Waals surface area (Å²) in [5.74, 6) is 0.272. The number of carbonyl (C=O) groups excluding carboxylic acids is 2. The monoisotopic (exact) mass is 607 g/mol. The fourth-order valence-electron chi connectivity index (χ4n) is 6.14. The summed E-state index contributed by atoms with van der Waals surface area (Å²) < 4.78 is 28.0. The summed E-state index contributed by atoms with van der Waals surface area (Å²) in [4.78, 5) is 34.7. The van der Waals surface area contributed by atoms with E-state index in [0.29, 0.717) is 50.2 Å². The Hall–Kier alpha value is -3.38. The number of nitrogens with one attached hydrogen (secondary N) is 1. The average molecular weight is 608 g/mol. The zero-order valence-corrected chi connectivity index (χ0v) is 26.2. The summed E-state index contributed by atoms with van der Waals surface area (Å²) in [5.41, 5.74) is 3.92. The van der Waals surface area contributed by atoms with Gasteiger partial charge in [-0.1, -0.05) is 18.2 Å². The van der Waals surface area contributed by atoms with Crippen LogP contribution in [0.1, 0.15) is 63.9 Å². The first-order valence-corrected chi connectivity index (χ1v) is 16.3. The van der Waals surface area contributed by atoms with Crippen LogP contribution in [0, 0.1) is 13.8 Å². The lowest BCUT2D eigenvalue weighted by Crippen LogP contribution is -2.50. The van der Waals surface area contributed by atoms with Gasteiger partial charge >= 0.3 is 0 Å². The number of aryl methyl sites for hydroxylation is 2. The number of amides is 2. The molecule has 43 heavy (non-hydrogen) atoms. The van der Waals surface area contributed by atoms with E-state index in [1.807, 2.05) is 52.2 Å². The van der Waals surface area contributed by atoms with Crippen molar-refractivity contribution in [3.8, 4) is 0 Å². The minimum Gasteiger partial charge on any atom is -0.393 e. The number of aliphatic hydroxyl groups is 1. The molecule has 3 heterocycles. The number of hydrogen-bond donors (Lipinski definition) is 2. The van der Waals surface area contributed by atoms with E-state index in [-0.39, 0.29) is 31.0 Å². The molecule has 3 aliphatic heterocycles. The molecular weight excluding hydrogens is 566 g/mol. The average Bonchev–Trinajstić information content (AvgIpc) is 3.27. The summed E-state index contributed by atoms with van der Waals surface area (Å²) in [6.45, 7) is 5.92. The number of rotatable bonds is 7. The molecule has 3 aliphatic rings. The highest BCUT2D eigenvalue weighted by Gasteiger charge is 2.47. The molecule has 2 N–H and O–H groups in total. The first-order chi connectivity index (χ1) is 20.4. The van der Waals surface area contributed by atoms with Crippen LogP contribution < -0.4 is 5.32 Å². The molecule has 2 aromatic carbocycles. The fourth-order valence-corrected chi connectivity index (χ4v) is 7.31. The fraction of sp³-hybridized carbons (Fsp3) is 0.469. The number of aliphatic hydroxyl groups excluding tert-OH is 1. The van der Waals surface area contributed by atoms with Crippen molar-refractivity contribution in [3.05, 3.63) is 75.2 Å². The second kappa shape index (κ2) is 12.3. The van der Waals surface area contributed by atoms with Gasteiger partial charge in [-0.3, -0.25) is 14.6 Å². The zero-order valence-electron chi connectivity index (χ0n) is 25.3. The van der Waals surface area contributed by atoms with Gasteiger partial charge in [0.2, 0.25) is 10.0 Å². The number of carbonyl (C=O) groups is 2. The topological polar surface area (TPSA) is 123 Å². The van der Waals surface area contributed by atoms with Gasteiger partial charge in [0.05, 0.1) is 6.10 Å². The summed E-state index contributed by atoms with van der Waals surface area (Å²) in [6.07, 6.45) is 2.98. The lowest BCUT2D eigenvalue weighted by atomic mass is 9.89. The van der Waals surface area contributed by atoms with E-state index in [2.05, 4.69) is 10.2 Å². The Balaban J connectivity index is 1.26. The Bertz CT molecular complexity index is 1540. The maximum atomic E-state index is 13.3. The Morgan fingerprint density at radius 3 is 2.37 bits per heavy atom. The molecule has 2 saturated heterocycles. The SMILES string of the molecule is Cc1cc(C(=O)N2CCC(O)CC2)cc(C)c1/C=C/S(=O)(=O)N1CCC2(CC1)N=C(c1cccc(CN(C)C)c1)NC2=O. The first kappa shape index (κ1) is 31.1. The van der Waals surface area contributed by atoms with E-state index < -0.39 is 15.6 Å². The van der Waals surface area contributed by atoms with Crippen molar-refractivity contribution in [1.82, 2.24) is 19.4 Å². The summed E-state index contributed by atoms with van der Waals surface area (Å²) >= 11 is 0. The molecule has 0 aromatic heterocycles. The third-order valence-electron chi connectivity index (χ3n) is 8.59. The van der Waals surface area contributed by atoms with E-state index in [4.69, 9.17) is 4.99 Å². The lowest BCUT2D eigenvalue weighted by Gasteiger charge is -2.34. The van der Waals surface area contributed by atoms with Crippen molar-refractivity contribution in [2.75, 3.05) is 40.3 Å². The van der Waals surface area contributed by atoms with Crippen LogP contribution in [0.15, 0.2) is 46.8 Å². The number of benzene rings is 2. The summed E-state index contributed by atoms with van der Waals surface area (Å²) in [5, 5.41) is 13.9.